The van der Waals surface area contributed by atoms with E-state index in [1.165, 1.54) is 0 Å². The highest BCUT2D eigenvalue weighted by atomic mass is 16.3. The molecule has 1 aromatic carbocycles. The average Bonchev–Trinajstić information content (AvgIpc) is 2.95. The molecular weight excluding hydrogens is 260 g/mol. The second-order valence-electron chi connectivity index (χ2n) is 4.48. The number of rotatable bonds is 5. The largest absolute Gasteiger partial charge is 0.508 e. The number of benzene rings is 1. The van der Waals surface area contributed by atoms with Gasteiger partial charge in [0.05, 0.1) is 12.1 Å². The Morgan fingerprint density at radius 1 is 1.45 bits per heavy atom. The van der Waals surface area contributed by atoms with E-state index in [2.05, 4.69) is 25.9 Å². The van der Waals surface area contributed by atoms with Gasteiger partial charge in [-0.05, 0) is 31.0 Å². The molecule has 106 valence electrons. The number of aromatic amines is 1. The van der Waals surface area contributed by atoms with Gasteiger partial charge in [0.1, 0.15) is 5.75 Å². The minimum atomic E-state index is -0.686. The summed E-state index contributed by atoms with van der Waals surface area (Å²) in [5, 5.41) is 25.2. The summed E-state index contributed by atoms with van der Waals surface area (Å²) in [5.41, 5.74) is 6.72. The molecule has 2 atom stereocenters. The number of carbonyl (C=O) groups excluding carboxylic acids is 1. The zero-order chi connectivity index (χ0) is 14.5. The molecule has 2 rings (SSSR count). The minimum absolute atomic E-state index is 0.178. The molecule has 2 aromatic rings. The van der Waals surface area contributed by atoms with Crippen LogP contribution in [0.1, 0.15) is 24.4 Å². The summed E-state index contributed by atoms with van der Waals surface area (Å²) < 4.78 is 0. The molecule has 8 heteroatoms. The van der Waals surface area contributed by atoms with Crippen LogP contribution in [0.2, 0.25) is 0 Å². The molecule has 1 aromatic heterocycles. The summed E-state index contributed by atoms with van der Waals surface area (Å²) in [6.45, 7) is 1.75. The van der Waals surface area contributed by atoms with Crippen molar-refractivity contribution in [1.29, 1.82) is 0 Å². The smallest absolute Gasteiger partial charge is 0.237 e. The lowest BCUT2D eigenvalue weighted by atomic mass is 10.1. The van der Waals surface area contributed by atoms with Crippen molar-refractivity contribution in [3.63, 3.8) is 0 Å². The second kappa shape index (κ2) is 6.11. The summed E-state index contributed by atoms with van der Waals surface area (Å²) >= 11 is 0. The van der Waals surface area contributed by atoms with Gasteiger partial charge in [0.15, 0.2) is 5.82 Å². The molecule has 1 heterocycles. The van der Waals surface area contributed by atoms with Crippen molar-refractivity contribution in [2.24, 2.45) is 5.73 Å². The summed E-state index contributed by atoms with van der Waals surface area (Å²) in [4.78, 5) is 11.9. The zero-order valence-corrected chi connectivity index (χ0v) is 10.9. The van der Waals surface area contributed by atoms with Gasteiger partial charge < -0.3 is 16.2 Å². The monoisotopic (exact) mass is 276 g/mol. The SMILES string of the molecule is CC(NC(=O)[C@H](N)Cc1ccc(O)cc1)c1nn[nH]n1. The Labute approximate surface area is 115 Å². The van der Waals surface area contributed by atoms with Crippen molar-refractivity contribution in [2.45, 2.75) is 25.4 Å². The Morgan fingerprint density at radius 2 is 2.15 bits per heavy atom. The first-order valence-corrected chi connectivity index (χ1v) is 6.13. The fourth-order valence-electron chi connectivity index (χ4n) is 1.72. The molecule has 0 aliphatic carbocycles. The molecule has 0 bridgehead atoms. The minimum Gasteiger partial charge on any atom is -0.508 e. The van der Waals surface area contributed by atoms with E-state index in [0.717, 1.165) is 5.56 Å². The molecule has 0 saturated carbocycles. The van der Waals surface area contributed by atoms with Gasteiger partial charge in [-0.2, -0.15) is 5.21 Å². The summed E-state index contributed by atoms with van der Waals surface area (Å²) in [5.74, 6) is 0.281. The van der Waals surface area contributed by atoms with Gasteiger partial charge >= 0.3 is 0 Å². The Balaban J connectivity index is 1.90. The Hall–Kier alpha value is -2.48. The number of nitrogens with one attached hydrogen (secondary N) is 2. The summed E-state index contributed by atoms with van der Waals surface area (Å²) in [7, 11) is 0. The maximum absolute atomic E-state index is 11.9. The number of hydrogen-bond acceptors (Lipinski definition) is 6. The van der Waals surface area contributed by atoms with E-state index in [0.29, 0.717) is 12.2 Å². The molecule has 1 amide bonds. The van der Waals surface area contributed by atoms with Crippen LogP contribution in [0, 0.1) is 0 Å². The molecule has 0 radical (unpaired) electrons. The predicted molar refractivity (Wildman–Crippen MR) is 70.5 cm³/mol. The maximum atomic E-state index is 11.9. The summed E-state index contributed by atoms with van der Waals surface area (Å²) in [6, 6.07) is 5.51. The van der Waals surface area contributed by atoms with Gasteiger partial charge in [0, 0.05) is 0 Å². The zero-order valence-electron chi connectivity index (χ0n) is 10.9. The lowest BCUT2D eigenvalue weighted by Gasteiger charge is -2.15. The number of nitrogens with two attached hydrogens (primary N) is 1. The molecule has 5 N–H and O–H groups in total. The van der Waals surface area contributed by atoms with Crippen LogP contribution in [-0.4, -0.2) is 37.7 Å². The third-order valence-electron chi connectivity index (χ3n) is 2.84. The van der Waals surface area contributed by atoms with Crippen LogP contribution in [0.25, 0.3) is 0 Å². The van der Waals surface area contributed by atoms with Crippen molar-refractivity contribution in [3.05, 3.63) is 35.7 Å². The van der Waals surface area contributed by atoms with Crippen LogP contribution in [-0.2, 0) is 11.2 Å². The number of aromatic hydroxyl groups is 1. The number of nitrogens with zero attached hydrogens (tertiary/aromatic N) is 3. The first-order chi connectivity index (χ1) is 9.56. The Morgan fingerprint density at radius 3 is 2.75 bits per heavy atom. The molecule has 0 saturated heterocycles. The Bertz CT molecular complexity index is 554. The van der Waals surface area contributed by atoms with Crippen molar-refractivity contribution >= 4 is 5.91 Å². The van der Waals surface area contributed by atoms with E-state index >= 15 is 0 Å². The van der Waals surface area contributed by atoms with E-state index in [9.17, 15) is 9.90 Å². The van der Waals surface area contributed by atoms with Crippen LogP contribution < -0.4 is 11.1 Å². The van der Waals surface area contributed by atoms with Gasteiger partial charge in [-0.1, -0.05) is 17.3 Å². The highest BCUT2D eigenvalue weighted by molar-refractivity contribution is 5.82. The normalized spacial score (nSPS) is 13.7. The highest BCUT2D eigenvalue weighted by Crippen LogP contribution is 2.11. The van der Waals surface area contributed by atoms with Crippen molar-refractivity contribution in [1.82, 2.24) is 25.9 Å². The van der Waals surface area contributed by atoms with Gasteiger partial charge in [0.25, 0.3) is 0 Å². The molecule has 0 fully saturated rings. The fraction of sp³-hybridized carbons (Fsp3) is 0.333. The lowest BCUT2D eigenvalue weighted by molar-refractivity contribution is -0.123. The molecule has 0 aliphatic heterocycles. The molecule has 0 spiro atoms. The van der Waals surface area contributed by atoms with Crippen LogP contribution >= 0.6 is 0 Å². The van der Waals surface area contributed by atoms with Gasteiger partial charge in [0.2, 0.25) is 5.91 Å². The Kier molecular flexibility index (Phi) is 4.26. The number of amides is 1. The van der Waals surface area contributed by atoms with Crippen LogP contribution in [0.4, 0.5) is 0 Å². The number of hydrogen-bond donors (Lipinski definition) is 4. The molecule has 8 nitrogen and oxygen atoms in total. The number of carbonyl (C=O) groups is 1. The van der Waals surface area contributed by atoms with Crippen molar-refractivity contribution < 1.29 is 9.90 Å². The van der Waals surface area contributed by atoms with Crippen LogP contribution in [0.15, 0.2) is 24.3 Å². The summed E-state index contributed by atoms with van der Waals surface area (Å²) in [6.07, 6.45) is 0.380. The van der Waals surface area contributed by atoms with Gasteiger partial charge in [-0.25, -0.2) is 0 Å². The third kappa shape index (κ3) is 3.51. The molecule has 20 heavy (non-hydrogen) atoms. The van der Waals surface area contributed by atoms with Crippen LogP contribution in [0.5, 0.6) is 5.75 Å². The number of tetrazole rings is 1. The average molecular weight is 276 g/mol. The molecule has 1 unspecified atom stereocenters. The van der Waals surface area contributed by atoms with E-state index in [-0.39, 0.29) is 17.7 Å². The maximum Gasteiger partial charge on any atom is 0.237 e. The second-order valence-corrected chi connectivity index (χ2v) is 4.48. The topological polar surface area (TPSA) is 130 Å². The van der Waals surface area contributed by atoms with Crippen molar-refractivity contribution in [2.75, 3.05) is 0 Å². The van der Waals surface area contributed by atoms with E-state index in [1.54, 1.807) is 31.2 Å². The molecule has 0 aliphatic rings. The first-order valence-electron chi connectivity index (χ1n) is 6.13. The standard InChI is InChI=1S/C12H16N6O2/c1-7(11-15-17-18-16-11)14-12(20)10(13)6-8-2-4-9(19)5-3-8/h2-5,7,10,19H,6,13H2,1H3,(H,14,20)(H,15,16,17,18)/t7?,10-/m1/s1. The quantitative estimate of drug-likeness (QED) is 0.590. The van der Waals surface area contributed by atoms with E-state index in [1.807, 2.05) is 0 Å². The van der Waals surface area contributed by atoms with Crippen molar-refractivity contribution in [3.8, 4) is 5.75 Å². The molecular formula is C12H16N6O2. The highest BCUT2D eigenvalue weighted by Gasteiger charge is 2.19. The first kappa shape index (κ1) is 13.9. The lowest BCUT2D eigenvalue weighted by Crippen LogP contribution is -2.43. The number of H-pyrrole nitrogens is 1. The fourth-order valence-corrected chi connectivity index (χ4v) is 1.72. The van der Waals surface area contributed by atoms with Crippen LogP contribution in [0.3, 0.4) is 0 Å². The third-order valence-corrected chi connectivity index (χ3v) is 2.84. The van der Waals surface area contributed by atoms with Gasteiger partial charge in [-0.3, -0.25) is 4.79 Å². The number of phenols is 1. The number of aromatic nitrogens is 4. The predicted octanol–water partition coefficient (Wildman–Crippen LogP) is -0.348. The van der Waals surface area contributed by atoms with Gasteiger partial charge in [-0.15, -0.1) is 10.2 Å². The van der Waals surface area contributed by atoms with E-state index in [4.69, 9.17) is 5.73 Å². The van der Waals surface area contributed by atoms with E-state index < -0.39 is 6.04 Å². The number of phenolic OH excluding ortho intramolecular Hbond substituents is 1.